The lowest BCUT2D eigenvalue weighted by Crippen LogP contribution is -1.99. The van der Waals surface area contributed by atoms with Gasteiger partial charge in [0.05, 0.1) is 19.6 Å². The van der Waals surface area contributed by atoms with Gasteiger partial charge in [0.15, 0.2) is 11.5 Å². The minimum atomic E-state index is -0.549. The predicted molar refractivity (Wildman–Crippen MR) is 86.4 cm³/mol. The normalized spacial score (nSPS) is 12.1. The molecule has 2 rings (SSSR count). The highest BCUT2D eigenvalue weighted by atomic mass is 79.9. The first kappa shape index (κ1) is 16.4. The van der Waals surface area contributed by atoms with E-state index in [4.69, 9.17) is 32.7 Å². The average molecular weight is 394 g/mol. The van der Waals surface area contributed by atoms with Crippen molar-refractivity contribution in [1.29, 1.82) is 0 Å². The van der Waals surface area contributed by atoms with Crippen molar-refractivity contribution < 1.29 is 13.9 Å². The van der Waals surface area contributed by atoms with E-state index in [9.17, 15) is 4.39 Å². The third-order valence-electron chi connectivity index (χ3n) is 3.01. The Morgan fingerprint density at radius 3 is 2.24 bits per heavy atom. The van der Waals surface area contributed by atoms with E-state index in [1.54, 1.807) is 32.4 Å². The van der Waals surface area contributed by atoms with Crippen LogP contribution in [-0.2, 0) is 0 Å². The molecule has 0 aromatic heterocycles. The van der Waals surface area contributed by atoms with Crippen LogP contribution in [0.2, 0.25) is 5.02 Å². The zero-order valence-electron chi connectivity index (χ0n) is 11.3. The number of hydrogen-bond acceptors (Lipinski definition) is 2. The summed E-state index contributed by atoms with van der Waals surface area (Å²) in [5.74, 6) is 0.737. The van der Waals surface area contributed by atoms with Crippen LogP contribution in [0.3, 0.4) is 0 Å². The van der Waals surface area contributed by atoms with Crippen molar-refractivity contribution in [3.8, 4) is 11.5 Å². The minimum Gasteiger partial charge on any atom is -0.493 e. The van der Waals surface area contributed by atoms with Crippen LogP contribution >= 0.6 is 39.1 Å². The Kier molecular flexibility index (Phi) is 5.36. The van der Waals surface area contributed by atoms with Crippen molar-refractivity contribution in [2.45, 2.75) is 5.38 Å². The Bertz CT molecular complexity index is 664. The Balaban J connectivity index is 2.50. The minimum absolute atomic E-state index is 0.275. The molecule has 0 fully saturated rings. The standard InChI is InChI=1S/C15H12BrCl2FO2/c1-20-13-6-10(11(16)7-14(13)21-2)15(18)9-4-3-8(19)5-12(9)17/h3-7,15H,1-2H3. The van der Waals surface area contributed by atoms with E-state index in [0.29, 0.717) is 17.1 Å². The molecule has 0 bridgehead atoms. The molecule has 2 aromatic carbocycles. The van der Waals surface area contributed by atoms with E-state index in [0.717, 1.165) is 10.0 Å². The van der Waals surface area contributed by atoms with Crippen molar-refractivity contribution in [3.63, 3.8) is 0 Å². The molecular formula is C15H12BrCl2FO2. The van der Waals surface area contributed by atoms with Crippen LogP contribution < -0.4 is 9.47 Å². The zero-order chi connectivity index (χ0) is 15.6. The SMILES string of the molecule is COc1cc(Br)c(C(Cl)c2ccc(F)cc2Cl)cc1OC. The predicted octanol–water partition coefficient (Wildman–Crippen LogP) is 5.59. The summed E-state index contributed by atoms with van der Waals surface area (Å²) in [6.45, 7) is 0. The summed E-state index contributed by atoms with van der Waals surface area (Å²) in [5.41, 5.74) is 1.37. The quantitative estimate of drug-likeness (QED) is 0.630. The van der Waals surface area contributed by atoms with Crippen LogP contribution in [0.25, 0.3) is 0 Å². The van der Waals surface area contributed by atoms with Crippen molar-refractivity contribution >= 4 is 39.1 Å². The van der Waals surface area contributed by atoms with Gasteiger partial charge in [-0.05, 0) is 35.4 Å². The van der Waals surface area contributed by atoms with Gasteiger partial charge < -0.3 is 9.47 Å². The molecule has 6 heteroatoms. The van der Waals surface area contributed by atoms with Gasteiger partial charge >= 0.3 is 0 Å². The molecular weight excluding hydrogens is 382 g/mol. The number of ether oxygens (including phenoxy) is 2. The van der Waals surface area contributed by atoms with Crippen LogP contribution in [0.4, 0.5) is 4.39 Å². The first-order valence-electron chi connectivity index (χ1n) is 5.98. The summed E-state index contributed by atoms with van der Waals surface area (Å²) < 4.78 is 24.4. The number of hydrogen-bond donors (Lipinski definition) is 0. The first-order valence-corrected chi connectivity index (χ1v) is 7.59. The Morgan fingerprint density at radius 1 is 1.05 bits per heavy atom. The number of alkyl halides is 1. The molecule has 0 heterocycles. The lowest BCUT2D eigenvalue weighted by atomic mass is 10.0. The highest BCUT2D eigenvalue weighted by Gasteiger charge is 2.20. The largest absolute Gasteiger partial charge is 0.493 e. The summed E-state index contributed by atoms with van der Waals surface area (Å²) in [7, 11) is 3.10. The topological polar surface area (TPSA) is 18.5 Å². The Labute approximate surface area is 140 Å². The van der Waals surface area contributed by atoms with Crippen LogP contribution in [0.5, 0.6) is 11.5 Å². The second kappa shape index (κ2) is 6.86. The number of benzene rings is 2. The summed E-state index contributed by atoms with van der Waals surface area (Å²) in [5, 5.41) is -0.274. The first-order chi connectivity index (χ1) is 9.97. The van der Waals surface area contributed by atoms with Crippen molar-refractivity contribution in [3.05, 3.63) is 56.8 Å². The third kappa shape index (κ3) is 3.44. The second-order valence-corrected chi connectivity index (χ2v) is 5.96. The van der Waals surface area contributed by atoms with Gasteiger partial charge in [0.1, 0.15) is 5.82 Å². The molecule has 0 N–H and O–H groups in total. The van der Waals surface area contributed by atoms with E-state index in [2.05, 4.69) is 15.9 Å². The fourth-order valence-electron chi connectivity index (χ4n) is 1.94. The number of methoxy groups -OCH3 is 2. The van der Waals surface area contributed by atoms with E-state index in [1.807, 2.05) is 0 Å². The highest BCUT2D eigenvalue weighted by Crippen LogP contribution is 2.42. The van der Waals surface area contributed by atoms with Crippen molar-refractivity contribution in [1.82, 2.24) is 0 Å². The van der Waals surface area contributed by atoms with Gasteiger partial charge in [0.25, 0.3) is 0 Å². The molecule has 1 unspecified atom stereocenters. The average Bonchev–Trinajstić information content (AvgIpc) is 2.46. The molecule has 0 amide bonds. The maximum atomic E-state index is 13.1. The maximum Gasteiger partial charge on any atom is 0.161 e. The smallest absolute Gasteiger partial charge is 0.161 e. The molecule has 2 nitrogen and oxygen atoms in total. The van der Waals surface area contributed by atoms with E-state index < -0.39 is 11.2 Å². The summed E-state index contributed by atoms with van der Waals surface area (Å²) in [6.07, 6.45) is 0. The van der Waals surface area contributed by atoms with Crippen LogP contribution in [-0.4, -0.2) is 14.2 Å². The van der Waals surface area contributed by atoms with Gasteiger partial charge in [-0.25, -0.2) is 4.39 Å². The molecule has 0 aliphatic heterocycles. The van der Waals surface area contributed by atoms with Gasteiger partial charge in [-0.1, -0.05) is 33.6 Å². The van der Waals surface area contributed by atoms with Crippen molar-refractivity contribution in [2.24, 2.45) is 0 Å². The van der Waals surface area contributed by atoms with Gasteiger partial charge in [-0.2, -0.15) is 0 Å². The maximum absolute atomic E-state index is 13.1. The molecule has 112 valence electrons. The fourth-order valence-corrected chi connectivity index (χ4v) is 3.32. The number of halogens is 4. The van der Waals surface area contributed by atoms with Crippen LogP contribution in [0.15, 0.2) is 34.8 Å². The number of rotatable bonds is 4. The van der Waals surface area contributed by atoms with E-state index >= 15 is 0 Å². The molecule has 0 saturated heterocycles. The van der Waals surface area contributed by atoms with Gasteiger partial charge in [0, 0.05) is 9.50 Å². The van der Waals surface area contributed by atoms with Gasteiger partial charge in [-0.3, -0.25) is 0 Å². The molecule has 0 aliphatic carbocycles. The lowest BCUT2D eigenvalue weighted by molar-refractivity contribution is 0.354. The highest BCUT2D eigenvalue weighted by molar-refractivity contribution is 9.10. The third-order valence-corrected chi connectivity index (χ3v) is 4.50. The second-order valence-electron chi connectivity index (χ2n) is 4.26. The Morgan fingerprint density at radius 2 is 1.67 bits per heavy atom. The molecule has 2 aromatic rings. The molecule has 1 atom stereocenters. The van der Waals surface area contributed by atoms with Gasteiger partial charge in [-0.15, -0.1) is 11.6 Å². The van der Waals surface area contributed by atoms with Crippen molar-refractivity contribution in [2.75, 3.05) is 14.2 Å². The molecule has 0 spiro atoms. The van der Waals surface area contributed by atoms with Crippen LogP contribution in [0.1, 0.15) is 16.5 Å². The lowest BCUT2D eigenvalue weighted by Gasteiger charge is -2.17. The van der Waals surface area contributed by atoms with Gasteiger partial charge in [0.2, 0.25) is 0 Å². The molecule has 0 radical (unpaired) electrons. The van der Waals surface area contributed by atoms with E-state index in [-0.39, 0.29) is 5.02 Å². The molecule has 0 saturated carbocycles. The summed E-state index contributed by atoms with van der Waals surface area (Å²) in [6, 6.07) is 7.66. The van der Waals surface area contributed by atoms with E-state index in [1.165, 1.54) is 12.1 Å². The monoisotopic (exact) mass is 392 g/mol. The summed E-state index contributed by atoms with van der Waals surface area (Å²) in [4.78, 5) is 0. The Hall–Kier alpha value is -0.970. The molecule has 0 aliphatic rings. The van der Waals surface area contributed by atoms with Crippen LogP contribution in [0, 0.1) is 5.82 Å². The zero-order valence-corrected chi connectivity index (χ0v) is 14.4. The summed E-state index contributed by atoms with van der Waals surface area (Å²) >= 11 is 16.0. The fraction of sp³-hybridized carbons (Fsp3) is 0.200. The molecule has 21 heavy (non-hydrogen) atoms.